The van der Waals surface area contributed by atoms with E-state index in [4.69, 9.17) is 5.11 Å². The van der Waals surface area contributed by atoms with Gasteiger partial charge in [0.25, 0.3) is 0 Å². The summed E-state index contributed by atoms with van der Waals surface area (Å²) in [5.41, 5.74) is 0. The van der Waals surface area contributed by atoms with Gasteiger partial charge in [-0.15, -0.1) is 0 Å². The molecule has 0 rings (SSSR count). The van der Waals surface area contributed by atoms with Crippen LogP contribution in [-0.4, -0.2) is 11.7 Å². The average Bonchev–Trinajstić information content (AvgIpc) is 1.65. The van der Waals surface area contributed by atoms with Gasteiger partial charge in [0, 0.05) is 6.61 Å². The highest BCUT2D eigenvalue weighted by Gasteiger charge is 2.01. The lowest BCUT2D eigenvalue weighted by Crippen LogP contribution is -2.03. The number of hydrogen-bond donors (Lipinski definition) is 1. The lowest BCUT2D eigenvalue weighted by atomic mass is 10.0. The molecule has 0 spiro atoms. The fourth-order valence-corrected chi connectivity index (χ4v) is 0.879. The van der Waals surface area contributed by atoms with Crippen LogP contribution in [0, 0.1) is 11.8 Å². The van der Waals surface area contributed by atoms with Crippen molar-refractivity contribution in [3.63, 3.8) is 0 Å². The lowest BCUT2D eigenvalue weighted by molar-refractivity contribution is 0.218. The number of hydrogen-bond acceptors (Lipinski definition) is 1. The first kappa shape index (κ1) is 7.96. The van der Waals surface area contributed by atoms with Crippen molar-refractivity contribution in [2.24, 2.45) is 11.8 Å². The summed E-state index contributed by atoms with van der Waals surface area (Å²) in [5.74, 6) is 1.20. The van der Waals surface area contributed by atoms with Crippen molar-refractivity contribution in [3.05, 3.63) is 0 Å². The SMILES string of the molecule is CC(C)CC(C)CO. The normalized spacial score (nSPS) is 14.6. The molecule has 0 aliphatic rings. The van der Waals surface area contributed by atoms with Crippen LogP contribution < -0.4 is 0 Å². The van der Waals surface area contributed by atoms with Crippen molar-refractivity contribution < 1.29 is 5.11 Å². The van der Waals surface area contributed by atoms with Gasteiger partial charge < -0.3 is 5.11 Å². The Bertz CT molecular complexity index is 50.3. The molecule has 0 aromatic heterocycles. The van der Waals surface area contributed by atoms with Crippen LogP contribution in [0.1, 0.15) is 27.2 Å². The minimum Gasteiger partial charge on any atom is -0.396 e. The van der Waals surface area contributed by atoms with Gasteiger partial charge in [-0.25, -0.2) is 0 Å². The van der Waals surface area contributed by atoms with E-state index in [-0.39, 0.29) is 0 Å². The van der Waals surface area contributed by atoms with E-state index in [1.165, 1.54) is 0 Å². The van der Waals surface area contributed by atoms with Crippen molar-refractivity contribution in [2.75, 3.05) is 6.61 Å². The zero-order valence-electron chi connectivity index (χ0n) is 6.02. The van der Waals surface area contributed by atoms with Crippen LogP contribution in [0.3, 0.4) is 0 Å². The van der Waals surface area contributed by atoms with E-state index >= 15 is 0 Å². The van der Waals surface area contributed by atoms with Crippen LogP contribution in [-0.2, 0) is 0 Å². The average molecular weight is 116 g/mol. The van der Waals surface area contributed by atoms with E-state index in [1.54, 1.807) is 0 Å². The van der Waals surface area contributed by atoms with Crippen molar-refractivity contribution in [3.8, 4) is 0 Å². The Morgan fingerprint density at radius 1 is 1.25 bits per heavy atom. The maximum absolute atomic E-state index is 8.58. The Labute approximate surface area is 51.7 Å². The molecule has 0 aromatic carbocycles. The van der Waals surface area contributed by atoms with Crippen molar-refractivity contribution in [2.45, 2.75) is 27.2 Å². The third kappa shape index (κ3) is 4.13. The van der Waals surface area contributed by atoms with E-state index in [0.717, 1.165) is 12.3 Å². The van der Waals surface area contributed by atoms with E-state index in [9.17, 15) is 0 Å². The van der Waals surface area contributed by atoms with Gasteiger partial charge in [-0.05, 0) is 18.3 Å². The molecule has 1 atom stereocenters. The minimum atomic E-state index is 0.332. The molecule has 8 heavy (non-hydrogen) atoms. The third-order valence-corrected chi connectivity index (χ3v) is 1.19. The van der Waals surface area contributed by atoms with Gasteiger partial charge in [0.2, 0.25) is 0 Å². The molecule has 0 radical (unpaired) electrons. The molecule has 0 aromatic rings. The highest BCUT2D eigenvalue weighted by Crippen LogP contribution is 2.08. The van der Waals surface area contributed by atoms with Crippen LogP contribution in [0.2, 0.25) is 0 Å². The Balaban J connectivity index is 3.10. The maximum Gasteiger partial charge on any atom is 0.0456 e. The van der Waals surface area contributed by atoms with E-state index in [2.05, 4.69) is 20.8 Å². The van der Waals surface area contributed by atoms with E-state index in [1.807, 2.05) is 0 Å². The molecule has 1 heteroatoms. The second kappa shape index (κ2) is 3.90. The van der Waals surface area contributed by atoms with Crippen molar-refractivity contribution in [1.82, 2.24) is 0 Å². The number of aliphatic hydroxyl groups is 1. The minimum absolute atomic E-state index is 0.332. The highest BCUT2D eigenvalue weighted by atomic mass is 16.3. The van der Waals surface area contributed by atoms with Crippen LogP contribution >= 0.6 is 0 Å². The summed E-state index contributed by atoms with van der Waals surface area (Å²) in [7, 11) is 0. The molecule has 0 amide bonds. The van der Waals surface area contributed by atoms with Gasteiger partial charge in [0.1, 0.15) is 0 Å². The summed E-state index contributed by atoms with van der Waals surface area (Å²) in [6, 6.07) is 0. The first-order valence-corrected chi connectivity index (χ1v) is 3.27. The van der Waals surface area contributed by atoms with E-state index in [0.29, 0.717) is 12.5 Å². The van der Waals surface area contributed by atoms with Gasteiger partial charge in [-0.1, -0.05) is 20.8 Å². The third-order valence-electron chi connectivity index (χ3n) is 1.19. The van der Waals surface area contributed by atoms with Crippen LogP contribution in [0.4, 0.5) is 0 Å². The van der Waals surface area contributed by atoms with Gasteiger partial charge in [-0.3, -0.25) is 0 Å². The molecule has 0 aliphatic carbocycles. The fourth-order valence-electron chi connectivity index (χ4n) is 0.879. The standard InChI is InChI=1S/C7H16O/c1-6(2)4-7(3)5-8/h6-8H,4-5H2,1-3H3. The molecular weight excluding hydrogens is 100 g/mol. The van der Waals surface area contributed by atoms with Crippen molar-refractivity contribution in [1.29, 1.82) is 0 Å². The Morgan fingerprint density at radius 3 is 1.88 bits per heavy atom. The predicted octanol–water partition coefficient (Wildman–Crippen LogP) is 1.66. The second-order valence-electron chi connectivity index (χ2n) is 2.92. The monoisotopic (exact) mass is 116 g/mol. The van der Waals surface area contributed by atoms with Crippen LogP contribution in [0.5, 0.6) is 0 Å². The Kier molecular flexibility index (Phi) is 3.88. The zero-order chi connectivity index (χ0) is 6.57. The van der Waals surface area contributed by atoms with Gasteiger partial charge >= 0.3 is 0 Å². The van der Waals surface area contributed by atoms with Gasteiger partial charge in [0.05, 0.1) is 0 Å². The predicted molar refractivity (Wildman–Crippen MR) is 35.7 cm³/mol. The summed E-state index contributed by atoms with van der Waals surface area (Å²) in [5, 5.41) is 8.58. The topological polar surface area (TPSA) is 20.2 Å². The largest absolute Gasteiger partial charge is 0.396 e. The summed E-state index contributed by atoms with van der Waals surface area (Å²) < 4.78 is 0. The molecule has 0 saturated heterocycles. The molecule has 1 unspecified atom stereocenters. The van der Waals surface area contributed by atoms with Crippen molar-refractivity contribution >= 4 is 0 Å². The molecule has 0 saturated carbocycles. The molecule has 1 nitrogen and oxygen atoms in total. The maximum atomic E-state index is 8.58. The highest BCUT2D eigenvalue weighted by molar-refractivity contribution is 4.52. The van der Waals surface area contributed by atoms with Gasteiger partial charge in [-0.2, -0.15) is 0 Å². The molecule has 0 bridgehead atoms. The van der Waals surface area contributed by atoms with Crippen LogP contribution in [0.15, 0.2) is 0 Å². The summed E-state index contributed by atoms with van der Waals surface area (Å²) in [6.45, 7) is 6.75. The lowest BCUT2D eigenvalue weighted by Gasteiger charge is -2.08. The molecule has 50 valence electrons. The zero-order valence-corrected chi connectivity index (χ0v) is 6.02. The Morgan fingerprint density at radius 2 is 1.75 bits per heavy atom. The summed E-state index contributed by atoms with van der Waals surface area (Å²) >= 11 is 0. The Hall–Kier alpha value is -0.0400. The molecule has 1 N–H and O–H groups in total. The smallest absolute Gasteiger partial charge is 0.0456 e. The fraction of sp³-hybridized carbons (Fsp3) is 1.00. The van der Waals surface area contributed by atoms with E-state index < -0.39 is 0 Å². The molecule has 0 heterocycles. The molecular formula is C7H16O. The number of aliphatic hydroxyl groups excluding tert-OH is 1. The van der Waals surface area contributed by atoms with Crippen LogP contribution in [0.25, 0.3) is 0 Å². The second-order valence-corrected chi connectivity index (χ2v) is 2.92. The molecule has 0 aliphatic heterocycles. The molecule has 0 fully saturated rings. The summed E-state index contributed by atoms with van der Waals surface area (Å²) in [6.07, 6.45) is 1.14. The van der Waals surface area contributed by atoms with Gasteiger partial charge in [0.15, 0.2) is 0 Å². The quantitative estimate of drug-likeness (QED) is 0.594. The number of rotatable bonds is 3. The first-order chi connectivity index (χ1) is 3.66. The summed E-state index contributed by atoms with van der Waals surface area (Å²) in [4.78, 5) is 0. The first-order valence-electron chi connectivity index (χ1n) is 3.27.